The Morgan fingerprint density at radius 3 is 2.22 bits per heavy atom. The van der Waals surface area contributed by atoms with Crippen LogP contribution in [0.25, 0.3) is 11.1 Å². The summed E-state index contributed by atoms with van der Waals surface area (Å²) in [7, 11) is 0. The molecule has 0 N–H and O–H groups in total. The van der Waals surface area contributed by atoms with Gasteiger partial charge in [0, 0.05) is 22.0 Å². The van der Waals surface area contributed by atoms with E-state index in [4.69, 9.17) is 23.2 Å². The molecular formula is C15H12Cl2O. The Hall–Kier alpha value is -1.31. The van der Waals surface area contributed by atoms with Gasteiger partial charge in [0.1, 0.15) is 0 Å². The quantitative estimate of drug-likeness (QED) is 0.701. The molecule has 0 fully saturated rings. The Kier molecular flexibility index (Phi) is 4.05. The summed E-state index contributed by atoms with van der Waals surface area (Å²) in [6.07, 6.45) is 0.473. The highest BCUT2D eigenvalue weighted by Gasteiger charge is 2.07. The number of halogens is 2. The third-order valence-corrected chi connectivity index (χ3v) is 3.19. The topological polar surface area (TPSA) is 17.1 Å². The van der Waals surface area contributed by atoms with Crippen LogP contribution in [0, 0.1) is 0 Å². The van der Waals surface area contributed by atoms with Gasteiger partial charge in [-0.1, -0.05) is 42.3 Å². The largest absolute Gasteiger partial charge is 0.294 e. The van der Waals surface area contributed by atoms with Crippen molar-refractivity contribution in [3.63, 3.8) is 0 Å². The zero-order valence-electron chi connectivity index (χ0n) is 9.91. The van der Waals surface area contributed by atoms with Crippen LogP contribution >= 0.6 is 23.2 Å². The molecule has 0 saturated carbocycles. The van der Waals surface area contributed by atoms with E-state index in [9.17, 15) is 4.79 Å². The molecule has 0 amide bonds. The number of Topliss-reactive ketones (excluding diaryl/α,β-unsaturated/α-hetero) is 1. The minimum atomic E-state index is 0.0905. The summed E-state index contributed by atoms with van der Waals surface area (Å²) < 4.78 is 0. The summed E-state index contributed by atoms with van der Waals surface area (Å²) in [5.41, 5.74) is 2.57. The van der Waals surface area contributed by atoms with Crippen molar-refractivity contribution in [3.8, 4) is 11.1 Å². The summed E-state index contributed by atoms with van der Waals surface area (Å²) in [6.45, 7) is 1.84. The van der Waals surface area contributed by atoms with Crippen LogP contribution in [-0.2, 0) is 0 Å². The SMILES string of the molecule is CCC(=O)c1cc(Cl)cc(-c2ccc(Cl)cc2)c1. The van der Waals surface area contributed by atoms with Crippen molar-refractivity contribution in [2.75, 3.05) is 0 Å². The maximum atomic E-state index is 11.7. The van der Waals surface area contributed by atoms with Gasteiger partial charge in [-0.25, -0.2) is 0 Å². The van der Waals surface area contributed by atoms with E-state index in [2.05, 4.69) is 0 Å². The lowest BCUT2D eigenvalue weighted by molar-refractivity contribution is 0.0988. The first kappa shape index (κ1) is 13.1. The second-order valence-corrected chi connectivity index (χ2v) is 4.89. The molecule has 0 bridgehead atoms. The molecule has 0 aliphatic rings. The molecule has 0 spiro atoms. The monoisotopic (exact) mass is 278 g/mol. The normalized spacial score (nSPS) is 10.4. The number of rotatable bonds is 3. The molecule has 0 radical (unpaired) electrons. The highest BCUT2D eigenvalue weighted by molar-refractivity contribution is 6.31. The van der Waals surface area contributed by atoms with Crippen LogP contribution in [0.15, 0.2) is 42.5 Å². The van der Waals surface area contributed by atoms with Gasteiger partial charge in [-0.3, -0.25) is 4.79 Å². The minimum absolute atomic E-state index is 0.0905. The molecule has 3 heteroatoms. The first-order valence-corrected chi connectivity index (χ1v) is 6.45. The zero-order valence-corrected chi connectivity index (χ0v) is 11.4. The molecule has 0 saturated heterocycles. The predicted molar refractivity (Wildman–Crippen MR) is 76.5 cm³/mol. The van der Waals surface area contributed by atoms with E-state index in [1.807, 2.05) is 43.3 Å². The van der Waals surface area contributed by atoms with Crippen molar-refractivity contribution in [2.45, 2.75) is 13.3 Å². The van der Waals surface area contributed by atoms with Crippen LogP contribution in [0.4, 0.5) is 0 Å². The number of carbonyl (C=O) groups excluding carboxylic acids is 1. The molecule has 2 rings (SSSR count). The summed E-state index contributed by atoms with van der Waals surface area (Å²) in [5.74, 6) is 0.0905. The number of carbonyl (C=O) groups is 1. The van der Waals surface area contributed by atoms with Gasteiger partial charge < -0.3 is 0 Å². The molecular weight excluding hydrogens is 267 g/mol. The molecule has 92 valence electrons. The minimum Gasteiger partial charge on any atom is -0.294 e. The third-order valence-electron chi connectivity index (χ3n) is 2.72. The van der Waals surface area contributed by atoms with E-state index in [0.29, 0.717) is 22.0 Å². The lowest BCUT2D eigenvalue weighted by Gasteiger charge is -2.06. The second-order valence-electron chi connectivity index (χ2n) is 4.01. The molecule has 0 unspecified atom stereocenters. The van der Waals surface area contributed by atoms with E-state index in [1.165, 1.54) is 0 Å². The Bertz CT molecular complexity index is 574. The maximum absolute atomic E-state index is 11.7. The molecule has 0 aliphatic carbocycles. The Labute approximate surface area is 116 Å². The first-order valence-electron chi connectivity index (χ1n) is 5.70. The van der Waals surface area contributed by atoms with Gasteiger partial charge in [-0.2, -0.15) is 0 Å². The van der Waals surface area contributed by atoms with E-state index in [-0.39, 0.29) is 5.78 Å². The van der Waals surface area contributed by atoms with Gasteiger partial charge in [0.2, 0.25) is 0 Å². The summed E-state index contributed by atoms with van der Waals surface area (Å²) in [6, 6.07) is 12.9. The van der Waals surface area contributed by atoms with Gasteiger partial charge in [0.25, 0.3) is 0 Å². The average Bonchev–Trinajstić information content (AvgIpc) is 2.38. The maximum Gasteiger partial charge on any atom is 0.162 e. The molecule has 0 atom stereocenters. The van der Waals surface area contributed by atoms with Crippen LogP contribution < -0.4 is 0 Å². The number of ketones is 1. The van der Waals surface area contributed by atoms with Crippen molar-refractivity contribution in [1.82, 2.24) is 0 Å². The zero-order chi connectivity index (χ0) is 13.1. The standard InChI is InChI=1S/C15H12Cl2O/c1-2-15(18)12-7-11(8-14(17)9-12)10-3-5-13(16)6-4-10/h3-9H,2H2,1H3. The van der Waals surface area contributed by atoms with Gasteiger partial charge in [0.05, 0.1) is 0 Å². The summed E-state index contributed by atoms with van der Waals surface area (Å²) >= 11 is 11.9. The molecule has 2 aromatic carbocycles. The van der Waals surface area contributed by atoms with Gasteiger partial charge in [-0.15, -0.1) is 0 Å². The Morgan fingerprint density at radius 2 is 1.61 bits per heavy atom. The van der Waals surface area contributed by atoms with Gasteiger partial charge >= 0.3 is 0 Å². The van der Waals surface area contributed by atoms with E-state index < -0.39 is 0 Å². The van der Waals surface area contributed by atoms with Gasteiger partial charge in [-0.05, 0) is 41.5 Å². The lowest BCUT2D eigenvalue weighted by atomic mass is 10.0. The number of hydrogen-bond donors (Lipinski definition) is 0. The van der Waals surface area contributed by atoms with Crippen LogP contribution in [0.1, 0.15) is 23.7 Å². The van der Waals surface area contributed by atoms with Crippen molar-refractivity contribution < 1.29 is 4.79 Å². The summed E-state index contributed by atoms with van der Waals surface area (Å²) in [5, 5.41) is 1.25. The molecule has 2 aromatic rings. The molecule has 0 heterocycles. The molecule has 18 heavy (non-hydrogen) atoms. The van der Waals surface area contributed by atoms with Crippen LogP contribution in [0.5, 0.6) is 0 Å². The highest BCUT2D eigenvalue weighted by atomic mass is 35.5. The Morgan fingerprint density at radius 1 is 0.944 bits per heavy atom. The average molecular weight is 279 g/mol. The predicted octanol–water partition coefficient (Wildman–Crippen LogP) is 5.25. The molecule has 0 aromatic heterocycles. The van der Waals surface area contributed by atoms with Crippen molar-refractivity contribution >= 4 is 29.0 Å². The smallest absolute Gasteiger partial charge is 0.162 e. The fourth-order valence-electron chi connectivity index (χ4n) is 1.76. The van der Waals surface area contributed by atoms with Crippen molar-refractivity contribution in [3.05, 3.63) is 58.1 Å². The van der Waals surface area contributed by atoms with Crippen molar-refractivity contribution in [1.29, 1.82) is 0 Å². The summed E-state index contributed by atoms with van der Waals surface area (Å²) in [4.78, 5) is 11.7. The van der Waals surface area contributed by atoms with E-state index in [1.54, 1.807) is 6.07 Å². The lowest BCUT2D eigenvalue weighted by Crippen LogP contribution is -1.96. The fraction of sp³-hybridized carbons (Fsp3) is 0.133. The van der Waals surface area contributed by atoms with Crippen molar-refractivity contribution in [2.24, 2.45) is 0 Å². The first-order chi connectivity index (χ1) is 8.60. The van der Waals surface area contributed by atoms with Crippen LogP contribution in [0.3, 0.4) is 0 Å². The third kappa shape index (κ3) is 2.92. The molecule has 0 aliphatic heterocycles. The number of hydrogen-bond acceptors (Lipinski definition) is 1. The van der Waals surface area contributed by atoms with E-state index >= 15 is 0 Å². The van der Waals surface area contributed by atoms with Crippen LogP contribution in [-0.4, -0.2) is 5.78 Å². The van der Waals surface area contributed by atoms with E-state index in [0.717, 1.165) is 11.1 Å². The van der Waals surface area contributed by atoms with Crippen LogP contribution in [0.2, 0.25) is 10.0 Å². The molecule has 1 nitrogen and oxygen atoms in total. The second kappa shape index (κ2) is 5.55. The Balaban J connectivity index is 2.48. The highest BCUT2D eigenvalue weighted by Crippen LogP contribution is 2.26. The fourth-order valence-corrected chi connectivity index (χ4v) is 2.12. The number of benzene rings is 2. The van der Waals surface area contributed by atoms with Gasteiger partial charge in [0.15, 0.2) is 5.78 Å².